The maximum absolute atomic E-state index is 9.63. The number of benzene rings is 4. The van der Waals surface area contributed by atoms with Gasteiger partial charge in [0, 0.05) is 22.5 Å². The molecule has 0 atom stereocenters. The van der Waals surface area contributed by atoms with Crippen LogP contribution in [0.2, 0.25) is 0 Å². The molecule has 4 nitrogen and oxygen atoms in total. The van der Waals surface area contributed by atoms with Crippen molar-refractivity contribution < 1.29 is 9.84 Å². The molecule has 0 fully saturated rings. The van der Waals surface area contributed by atoms with E-state index in [0.717, 1.165) is 33.7 Å². The van der Waals surface area contributed by atoms with E-state index in [4.69, 9.17) is 16.2 Å². The summed E-state index contributed by atoms with van der Waals surface area (Å²) in [4.78, 5) is 0. The Bertz CT molecular complexity index is 1060. The van der Waals surface area contributed by atoms with Gasteiger partial charge in [0.05, 0.1) is 7.11 Å². The number of methoxy groups -OCH3 is 1. The van der Waals surface area contributed by atoms with Crippen LogP contribution >= 0.6 is 0 Å². The van der Waals surface area contributed by atoms with Gasteiger partial charge in [0.2, 0.25) is 0 Å². The van der Waals surface area contributed by atoms with Gasteiger partial charge >= 0.3 is 0 Å². The molecule has 0 heterocycles. The van der Waals surface area contributed by atoms with Crippen LogP contribution in [0.5, 0.6) is 11.5 Å². The molecule has 0 aromatic heterocycles. The second-order valence-corrected chi connectivity index (χ2v) is 6.47. The summed E-state index contributed by atoms with van der Waals surface area (Å²) in [6.45, 7) is 0. The highest BCUT2D eigenvalue weighted by atomic mass is 16.5. The molecule has 0 aliphatic rings. The number of hydrogen-bond acceptors (Lipinski definition) is 4. The topological polar surface area (TPSA) is 81.5 Å². The zero-order valence-electron chi connectivity index (χ0n) is 16.2. The zero-order chi connectivity index (χ0) is 20.6. The molecule has 4 aromatic rings. The lowest BCUT2D eigenvalue weighted by Crippen LogP contribution is -1.90. The summed E-state index contributed by atoms with van der Waals surface area (Å²) in [6, 6.07) is 30.4. The molecule has 146 valence electrons. The monoisotopic (exact) mass is 384 g/mol. The van der Waals surface area contributed by atoms with E-state index in [9.17, 15) is 5.11 Å². The maximum atomic E-state index is 9.63. The first-order valence-corrected chi connectivity index (χ1v) is 9.21. The normalized spacial score (nSPS) is 9.97. The summed E-state index contributed by atoms with van der Waals surface area (Å²) in [5, 5.41) is 9.63. The van der Waals surface area contributed by atoms with Crippen LogP contribution in [0.15, 0.2) is 97.1 Å². The van der Waals surface area contributed by atoms with Crippen molar-refractivity contribution in [3.8, 4) is 33.8 Å². The average Bonchev–Trinajstić information content (AvgIpc) is 2.77. The van der Waals surface area contributed by atoms with E-state index in [1.54, 1.807) is 25.3 Å². The van der Waals surface area contributed by atoms with Crippen LogP contribution in [0.3, 0.4) is 0 Å². The van der Waals surface area contributed by atoms with E-state index in [0.29, 0.717) is 5.69 Å². The van der Waals surface area contributed by atoms with E-state index >= 15 is 0 Å². The Morgan fingerprint density at radius 3 is 1.66 bits per heavy atom. The second kappa shape index (κ2) is 9.33. The second-order valence-electron chi connectivity index (χ2n) is 6.47. The lowest BCUT2D eigenvalue weighted by Gasteiger charge is -2.09. The first kappa shape index (κ1) is 19.8. The first-order chi connectivity index (χ1) is 14.1. The number of rotatable bonds is 3. The van der Waals surface area contributed by atoms with E-state index in [1.165, 1.54) is 0 Å². The molecule has 0 saturated heterocycles. The van der Waals surface area contributed by atoms with Crippen LogP contribution in [0.1, 0.15) is 0 Å². The molecule has 0 aliphatic heterocycles. The molecule has 4 heteroatoms. The summed E-state index contributed by atoms with van der Waals surface area (Å²) >= 11 is 0. The Kier molecular flexibility index (Phi) is 6.38. The Balaban J connectivity index is 0.000000166. The van der Waals surface area contributed by atoms with Crippen molar-refractivity contribution in [3.05, 3.63) is 97.1 Å². The van der Waals surface area contributed by atoms with Crippen molar-refractivity contribution in [2.24, 2.45) is 0 Å². The van der Waals surface area contributed by atoms with E-state index in [1.807, 2.05) is 78.9 Å². The summed E-state index contributed by atoms with van der Waals surface area (Å²) in [5.41, 5.74) is 16.7. The van der Waals surface area contributed by atoms with Gasteiger partial charge in [-0.25, -0.2) is 0 Å². The van der Waals surface area contributed by atoms with Gasteiger partial charge in [-0.15, -0.1) is 0 Å². The Labute approximate surface area is 171 Å². The van der Waals surface area contributed by atoms with Crippen LogP contribution in [-0.2, 0) is 0 Å². The van der Waals surface area contributed by atoms with Gasteiger partial charge in [-0.05, 0) is 47.5 Å². The van der Waals surface area contributed by atoms with Crippen LogP contribution < -0.4 is 16.2 Å². The molecule has 0 radical (unpaired) electrons. The van der Waals surface area contributed by atoms with Gasteiger partial charge < -0.3 is 21.3 Å². The van der Waals surface area contributed by atoms with Crippen molar-refractivity contribution in [2.45, 2.75) is 0 Å². The zero-order valence-corrected chi connectivity index (χ0v) is 16.2. The number of nitrogen functional groups attached to an aromatic ring is 2. The van der Waals surface area contributed by atoms with Crippen molar-refractivity contribution in [2.75, 3.05) is 18.6 Å². The predicted octanol–water partition coefficient (Wildman–Crippen LogP) is 5.59. The standard InChI is InChI=1S/C13H13NO.C12H11NO/c1-15-13-8-7-11(14)9-12(13)10-5-3-2-4-6-10;13-10-6-7-12(14)11(8-10)9-4-2-1-3-5-9/h2-9H,14H2,1H3;1-8,14H,13H2. The maximum Gasteiger partial charge on any atom is 0.126 e. The Morgan fingerprint density at radius 2 is 1.10 bits per heavy atom. The van der Waals surface area contributed by atoms with Crippen molar-refractivity contribution >= 4 is 11.4 Å². The van der Waals surface area contributed by atoms with Gasteiger partial charge in [0.1, 0.15) is 11.5 Å². The molecule has 0 saturated carbocycles. The third-order valence-corrected chi connectivity index (χ3v) is 4.41. The van der Waals surface area contributed by atoms with Crippen molar-refractivity contribution in [1.82, 2.24) is 0 Å². The van der Waals surface area contributed by atoms with Crippen LogP contribution in [0.4, 0.5) is 11.4 Å². The SMILES string of the molecule is COc1ccc(N)cc1-c1ccccc1.Nc1ccc(O)c(-c2ccccc2)c1. The minimum atomic E-state index is 0.255. The number of nitrogens with two attached hydrogens (primary N) is 2. The van der Waals surface area contributed by atoms with Gasteiger partial charge in [-0.2, -0.15) is 0 Å². The van der Waals surface area contributed by atoms with Crippen molar-refractivity contribution in [1.29, 1.82) is 0 Å². The molecule has 0 unspecified atom stereocenters. The van der Waals surface area contributed by atoms with Crippen LogP contribution in [0.25, 0.3) is 22.3 Å². The van der Waals surface area contributed by atoms with Gasteiger partial charge in [-0.3, -0.25) is 0 Å². The summed E-state index contributed by atoms with van der Waals surface area (Å²) in [6.07, 6.45) is 0. The minimum absolute atomic E-state index is 0.255. The fourth-order valence-electron chi connectivity index (χ4n) is 2.97. The molecular formula is C25H24N2O2. The summed E-state index contributed by atoms with van der Waals surface area (Å²) in [5.74, 6) is 1.10. The quantitative estimate of drug-likeness (QED) is 0.318. The fraction of sp³-hybridized carbons (Fsp3) is 0.0400. The number of phenols is 1. The summed E-state index contributed by atoms with van der Waals surface area (Å²) < 4.78 is 5.30. The lowest BCUT2D eigenvalue weighted by molar-refractivity contribution is 0.416. The Hall–Kier alpha value is -3.92. The highest BCUT2D eigenvalue weighted by Crippen LogP contribution is 2.31. The third kappa shape index (κ3) is 5.08. The smallest absolute Gasteiger partial charge is 0.126 e. The number of aromatic hydroxyl groups is 1. The predicted molar refractivity (Wildman–Crippen MR) is 121 cm³/mol. The number of phenolic OH excluding ortho intramolecular Hbond substituents is 1. The third-order valence-electron chi connectivity index (χ3n) is 4.41. The lowest BCUT2D eigenvalue weighted by atomic mass is 10.0. The van der Waals surface area contributed by atoms with Gasteiger partial charge in [-0.1, -0.05) is 60.7 Å². The summed E-state index contributed by atoms with van der Waals surface area (Å²) in [7, 11) is 1.66. The molecule has 0 aliphatic carbocycles. The molecule has 4 aromatic carbocycles. The molecule has 29 heavy (non-hydrogen) atoms. The average molecular weight is 384 g/mol. The largest absolute Gasteiger partial charge is 0.507 e. The fourth-order valence-corrected chi connectivity index (χ4v) is 2.97. The highest BCUT2D eigenvalue weighted by Gasteiger charge is 2.05. The Morgan fingerprint density at radius 1 is 0.621 bits per heavy atom. The van der Waals surface area contributed by atoms with Crippen LogP contribution in [0, 0.1) is 0 Å². The van der Waals surface area contributed by atoms with Crippen molar-refractivity contribution in [3.63, 3.8) is 0 Å². The molecule has 0 bridgehead atoms. The molecular weight excluding hydrogens is 360 g/mol. The molecule has 4 rings (SSSR count). The first-order valence-electron chi connectivity index (χ1n) is 9.21. The number of anilines is 2. The number of hydrogen-bond donors (Lipinski definition) is 3. The van der Waals surface area contributed by atoms with Gasteiger partial charge in [0.25, 0.3) is 0 Å². The van der Waals surface area contributed by atoms with E-state index < -0.39 is 0 Å². The highest BCUT2D eigenvalue weighted by molar-refractivity contribution is 5.74. The van der Waals surface area contributed by atoms with Gasteiger partial charge in [0.15, 0.2) is 0 Å². The number of ether oxygens (including phenoxy) is 1. The van der Waals surface area contributed by atoms with Crippen LogP contribution in [-0.4, -0.2) is 12.2 Å². The van der Waals surface area contributed by atoms with E-state index in [2.05, 4.69) is 0 Å². The van der Waals surface area contributed by atoms with E-state index in [-0.39, 0.29) is 5.75 Å². The molecule has 5 N–H and O–H groups in total. The minimum Gasteiger partial charge on any atom is -0.507 e. The molecule has 0 spiro atoms. The molecule has 0 amide bonds.